The molecule has 0 aromatic carbocycles. The molecule has 2 atom stereocenters. The van der Waals surface area contributed by atoms with Gasteiger partial charge in [-0.1, -0.05) is 6.92 Å². The van der Waals surface area contributed by atoms with Crippen LogP contribution in [0.2, 0.25) is 0 Å². The largest absolute Gasteiger partial charge is 0.379 e. The Morgan fingerprint density at radius 1 is 1.38 bits per heavy atom. The molecule has 92 valence electrons. The number of nitrogens with one attached hydrogen (secondary N) is 2. The van der Waals surface area contributed by atoms with E-state index in [9.17, 15) is 4.79 Å². The summed E-state index contributed by atoms with van der Waals surface area (Å²) in [5.74, 6) is 0.183. The van der Waals surface area contributed by atoms with Gasteiger partial charge in [0.05, 0.1) is 19.1 Å². The van der Waals surface area contributed by atoms with Crippen LogP contribution in [0.5, 0.6) is 0 Å². The molecule has 1 amide bonds. The van der Waals surface area contributed by atoms with E-state index in [1.165, 1.54) is 6.42 Å². The number of ether oxygens (including phenoxy) is 1. The Bertz CT molecular complexity index is 241. The van der Waals surface area contributed by atoms with Crippen molar-refractivity contribution in [3.05, 3.63) is 0 Å². The third kappa shape index (κ3) is 2.74. The molecule has 1 saturated heterocycles. The summed E-state index contributed by atoms with van der Waals surface area (Å²) in [6.07, 6.45) is 4.63. The molecule has 4 heteroatoms. The quantitative estimate of drug-likeness (QED) is 0.724. The Balaban J connectivity index is 1.78. The number of hydrogen-bond acceptors (Lipinski definition) is 3. The standard InChI is InChI=1S/C12H22N2O2/c1-2-6-13-11-8-16-7-10(11)12(15)14-9-4-3-5-9/h9-11,13H,2-8H2,1H3,(H,14,15). The van der Waals surface area contributed by atoms with Crippen LogP contribution >= 0.6 is 0 Å². The summed E-state index contributed by atoms with van der Waals surface area (Å²) in [5.41, 5.74) is 0. The average Bonchev–Trinajstić information content (AvgIpc) is 2.68. The lowest BCUT2D eigenvalue weighted by Gasteiger charge is -2.28. The minimum atomic E-state index is 0.00662. The fourth-order valence-corrected chi connectivity index (χ4v) is 2.20. The van der Waals surface area contributed by atoms with E-state index in [1.807, 2.05) is 0 Å². The van der Waals surface area contributed by atoms with Gasteiger partial charge >= 0.3 is 0 Å². The van der Waals surface area contributed by atoms with Crippen molar-refractivity contribution in [2.75, 3.05) is 19.8 Å². The zero-order valence-corrected chi connectivity index (χ0v) is 10.00. The van der Waals surface area contributed by atoms with E-state index in [-0.39, 0.29) is 17.9 Å². The first-order chi connectivity index (χ1) is 7.81. The fraction of sp³-hybridized carbons (Fsp3) is 0.917. The van der Waals surface area contributed by atoms with Gasteiger partial charge in [-0.25, -0.2) is 0 Å². The molecule has 2 unspecified atom stereocenters. The first-order valence-electron chi connectivity index (χ1n) is 6.42. The second kappa shape index (κ2) is 5.64. The van der Waals surface area contributed by atoms with Crippen LogP contribution in [0.3, 0.4) is 0 Å². The maximum Gasteiger partial charge on any atom is 0.227 e. The molecule has 2 aliphatic rings. The predicted molar refractivity (Wildman–Crippen MR) is 62.2 cm³/mol. The van der Waals surface area contributed by atoms with Gasteiger partial charge in [0, 0.05) is 12.1 Å². The van der Waals surface area contributed by atoms with E-state index >= 15 is 0 Å². The van der Waals surface area contributed by atoms with Gasteiger partial charge in [0.25, 0.3) is 0 Å². The second-order valence-electron chi connectivity index (χ2n) is 4.84. The van der Waals surface area contributed by atoms with Crippen molar-refractivity contribution in [3.63, 3.8) is 0 Å². The fourth-order valence-electron chi connectivity index (χ4n) is 2.20. The molecular weight excluding hydrogens is 204 g/mol. The van der Waals surface area contributed by atoms with Crippen LogP contribution in [0.4, 0.5) is 0 Å². The van der Waals surface area contributed by atoms with Gasteiger partial charge in [-0.2, -0.15) is 0 Å². The maximum absolute atomic E-state index is 12.0. The molecule has 4 nitrogen and oxygen atoms in total. The molecule has 2 N–H and O–H groups in total. The monoisotopic (exact) mass is 226 g/mol. The summed E-state index contributed by atoms with van der Waals surface area (Å²) in [7, 11) is 0. The van der Waals surface area contributed by atoms with Gasteiger partial charge in [0.2, 0.25) is 5.91 Å². The first-order valence-corrected chi connectivity index (χ1v) is 6.42. The molecule has 0 radical (unpaired) electrons. The van der Waals surface area contributed by atoms with Crippen LogP contribution < -0.4 is 10.6 Å². The highest BCUT2D eigenvalue weighted by Gasteiger charge is 2.35. The summed E-state index contributed by atoms with van der Waals surface area (Å²) in [4.78, 5) is 12.0. The zero-order valence-electron chi connectivity index (χ0n) is 10.00. The van der Waals surface area contributed by atoms with Crippen molar-refractivity contribution < 1.29 is 9.53 Å². The van der Waals surface area contributed by atoms with E-state index in [2.05, 4.69) is 17.6 Å². The second-order valence-corrected chi connectivity index (χ2v) is 4.84. The normalized spacial score (nSPS) is 30.1. The summed E-state index contributed by atoms with van der Waals surface area (Å²) in [6, 6.07) is 0.639. The van der Waals surface area contributed by atoms with Crippen LogP contribution in [0.15, 0.2) is 0 Å². The van der Waals surface area contributed by atoms with Gasteiger partial charge in [-0.05, 0) is 32.2 Å². The summed E-state index contributed by atoms with van der Waals surface area (Å²) >= 11 is 0. The highest BCUT2D eigenvalue weighted by Crippen LogP contribution is 2.20. The van der Waals surface area contributed by atoms with Gasteiger partial charge < -0.3 is 15.4 Å². The minimum absolute atomic E-state index is 0.00662. The number of rotatable bonds is 5. The van der Waals surface area contributed by atoms with Gasteiger partial charge in [-0.3, -0.25) is 4.79 Å². The molecule has 0 bridgehead atoms. The maximum atomic E-state index is 12.0. The van der Waals surface area contributed by atoms with Crippen LogP contribution in [0, 0.1) is 5.92 Å². The van der Waals surface area contributed by atoms with Crippen molar-refractivity contribution in [2.45, 2.75) is 44.7 Å². The summed E-state index contributed by atoms with van der Waals surface area (Å²) in [6.45, 7) is 4.33. The molecule has 0 aromatic heterocycles. The Kier molecular flexibility index (Phi) is 4.18. The Labute approximate surface area is 97.1 Å². The number of carbonyl (C=O) groups excluding carboxylic acids is 1. The van der Waals surface area contributed by atoms with Crippen molar-refractivity contribution >= 4 is 5.91 Å². The van der Waals surface area contributed by atoms with E-state index in [1.54, 1.807) is 0 Å². The van der Waals surface area contributed by atoms with Crippen LogP contribution in [-0.2, 0) is 9.53 Å². The highest BCUT2D eigenvalue weighted by atomic mass is 16.5. The molecule has 1 aliphatic heterocycles. The van der Waals surface area contributed by atoms with Crippen molar-refractivity contribution in [2.24, 2.45) is 5.92 Å². The number of amides is 1. The Morgan fingerprint density at radius 2 is 2.19 bits per heavy atom. The Morgan fingerprint density at radius 3 is 2.81 bits per heavy atom. The van der Waals surface area contributed by atoms with Crippen molar-refractivity contribution in [3.8, 4) is 0 Å². The Hall–Kier alpha value is -0.610. The lowest BCUT2D eigenvalue weighted by molar-refractivity contribution is -0.126. The van der Waals surface area contributed by atoms with Gasteiger partial charge in [-0.15, -0.1) is 0 Å². The lowest BCUT2D eigenvalue weighted by Crippen LogP contribution is -2.48. The molecule has 1 saturated carbocycles. The predicted octanol–water partition coefficient (Wildman–Crippen LogP) is 0.670. The molecular formula is C12H22N2O2. The average molecular weight is 226 g/mol. The molecule has 0 aromatic rings. The number of carbonyl (C=O) groups is 1. The van der Waals surface area contributed by atoms with Crippen LogP contribution in [0.25, 0.3) is 0 Å². The molecule has 2 rings (SSSR count). The van der Waals surface area contributed by atoms with Crippen LogP contribution in [-0.4, -0.2) is 37.7 Å². The molecule has 1 aliphatic carbocycles. The van der Waals surface area contributed by atoms with Crippen molar-refractivity contribution in [1.82, 2.24) is 10.6 Å². The SMILES string of the molecule is CCCNC1COCC1C(=O)NC1CCC1. The zero-order chi connectivity index (χ0) is 11.4. The van der Waals surface area contributed by atoms with Gasteiger partial charge in [0.1, 0.15) is 0 Å². The topological polar surface area (TPSA) is 50.4 Å². The molecule has 16 heavy (non-hydrogen) atoms. The van der Waals surface area contributed by atoms with Gasteiger partial charge in [0.15, 0.2) is 0 Å². The summed E-state index contributed by atoms with van der Waals surface area (Å²) < 4.78 is 5.40. The third-order valence-electron chi connectivity index (χ3n) is 3.53. The van der Waals surface area contributed by atoms with E-state index in [0.29, 0.717) is 19.3 Å². The van der Waals surface area contributed by atoms with E-state index < -0.39 is 0 Å². The summed E-state index contributed by atoms with van der Waals surface area (Å²) in [5, 5.41) is 6.49. The molecule has 1 heterocycles. The van der Waals surface area contributed by atoms with Crippen molar-refractivity contribution in [1.29, 1.82) is 0 Å². The lowest BCUT2D eigenvalue weighted by atomic mass is 9.92. The van der Waals surface area contributed by atoms with Crippen LogP contribution in [0.1, 0.15) is 32.6 Å². The molecule has 2 fully saturated rings. The first kappa shape index (κ1) is 11.9. The molecule has 0 spiro atoms. The minimum Gasteiger partial charge on any atom is -0.379 e. The third-order valence-corrected chi connectivity index (χ3v) is 3.53. The van der Waals surface area contributed by atoms with E-state index in [4.69, 9.17) is 4.74 Å². The highest BCUT2D eigenvalue weighted by molar-refractivity contribution is 5.80. The number of hydrogen-bond donors (Lipinski definition) is 2. The smallest absolute Gasteiger partial charge is 0.227 e. The van der Waals surface area contributed by atoms with E-state index in [0.717, 1.165) is 25.8 Å².